The van der Waals surface area contributed by atoms with Crippen molar-refractivity contribution in [1.29, 1.82) is 0 Å². The summed E-state index contributed by atoms with van der Waals surface area (Å²) in [5, 5.41) is 3.23. The van der Waals surface area contributed by atoms with Gasteiger partial charge < -0.3 is 20.9 Å². The largest absolute Gasteiger partial charge is 0.369 e. The number of nitrogens with one attached hydrogen (secondary N) is 1. The molecule has 1 aromatic heterocycles. The summed E-state index contributed by atoms with van der Waals surface area (Å²) in [5.74, 6) is 0.270. The van der Waals surface area contributed by atoms with Crippen LogP contribution in [-0.2, 0) is 4.79 Å². The molecule has 2 aliphatic heterocycles. The van der Waals surface area contributed by atoms with Crippen LogP contribution in [0.4, 0.5) is 5.69 Å². The van der Waals surface area contributed by atoms with E-state index >= 15 is 0 Å². The molecule has 196 valence electrons. The van der Waals surface area contributed by atoms with Crippen LogP contribution in [0.3, 0.4) is 0 Å². The first kappa shape index (κ1) is 26.4. The van der Waals surface area contributed by atoms with Crippen molar-refractivity contribution in [2.45, 2.75) is 32.2 Å². The van der Waals surface area contributed by atoms with Crippen LogP contribution in [0.25, 0.3) is 11.0 Å². The number of carbonyl (C=O) groups is 1. The van der Waals surface area contributed by atoms with Crippen molar-refractivity contribution in [3.8, 4) is 0 Å². The van der Waals surface area contributed by atoms with E-state index in [2.05, 4.69) is 55.0 Å². The Labute approximate surface area is 215 Å². The Kier molecular flexibility index (Phi) is 9.23. The van der Waals surface area contributed by atoms with Crippen molar-refractivity contribution in [3.63, 3.8) is 0 Å². The number of aromatic nitrogens is 2. The summed E-state index contributed by atoms with van der Waals surface area (Å²) < 4.78 is 0. The highest BCUT2D eigenvalue weighted by Gasteiger charge is 2.35. The van der Waals surface area contributed by atoms with Gasteiger partial charge in [-0.2, -0.15) is 0 Å². The number of amides is 1. The van der Waals surface area contributed by atoms with E-state index in [4.69, 9.17) is 5.73 Å². The summed E-state index contributed by atoms with van der Waals surface area (Å²) in [6.07, 6.45) is 8.08. The Bertz CT molecular complexity index is 1040. The normalized spacial score (nSPS) is 22.8. The molecule has 2 fully saturated rings. The van der Waals surface area contributed by atoms with Gasteiger partial charge in [-0.05, 0) is 37.9 Å². The van der Waals surface area contributed by atoms with E-state index in [1.54, 1.807) is 19.4 Å². The van der Waals surface area contributed by atoms with Crippen LogP contribution in [0.1, 0.15) is 31.7 Å². The van der Waals surface area contributed by atoms with Gasteiger partial charge in [0.1, 0.15) is 5.52 Å². The van der Waals surface area contributed by atoms with Gasteiger partial charge in [-0.3, -0.25) is 24.7 Å². The molecule has 0 spiro atoms. The average Bonchev–Trinajstić information content (AvgIpc) is 2.90. The molecule has 3 N–H and O–H groups in total. The standard InChI is InChI=1S/C27H42N8O/c1-4-5-23(28)21-16-22(27(36)32-10-11-34-14-12-33(3)13-15-34)19-35(18-21)24-7-6-20(17-29-2)25-26(24)31-9-8-30-25/h6-9,17,21-23H,4-5,10-16,18-19,28H2,1-3H3,(H,32,36)/t21-,22?,23?/m0/s1. The van der Waals surface area contributed by atoms with Crippen LogP contribution in [0.5, 0.6) is 0 Å². The molecule has 2 aromatic rings. The van der Waals surface area contributed by atoms with Crippen LogP contribution >= 0.6 is 0 Å². The zero-order valence-corrected chi connectivity index (χ0v) is 22.1. The lowest BCUT2D eigenvalue weighted by Gasteiger charge is -2.41. The molecular weight excluding hydrogens is 452 g/mol. The smallest absolute Gasteiger partial charge is 0.224 e. The second kappa shape index (κ2) is 12.6. The van der Waals surface area contributed by atoms with Gasteiger partial charge >= 0.3 is 0 Å². The number of piperidine rings is 1. The number of anilines is 1. The van der Waals surface area contributed by atoms with Gasteiger partial charge in [0.15, 0.2) is 0 Å². The minimum absolute atomic E-state index is 0.0716. The summed E-state index contributed by atoms with van der Waals surface area (Å²) >= 11 is 0. The fourth-order valence-electron chi connectivity index (χ4n) is 5.52. The van der Waals surface area contributed by atoms with Gasteiger partial charge in [-0.25, -0.2) is 0 Å². The molecule has 3 atom stereocenters. The Morgan fingerprint density at radius 2 is 1.94 bits per heavy atom. The first-order valence-corrected chi connectivity index (χ1v) is 13.3. The number of piperazine rings is 1. The molecule has 1 amide bonds. The maximum absolute atomic E-state index is 13.3. The lowest BCUT2D eigenvalue weighted by Crippen LogP contribution is -2.52. The van der Waals surface area contributed by atoms with Crippen molar-refractivity contribution in [2.24, 2.45) is 22.6 Å². The average molecular weight is 495 g/mol. The van der Waals surface area contributed by atoms with Crippen LogP contribution in [0.15, 0.2) is 29.5 Å². The number of rotatable bonds is 9. The third-order valence-electron chi connectivity index (χ3n) is 7.65. The van der Waals surface area contributed by atoms with Crippen LogP contribution in [0, 0.1) is 11.8 Å². The zero-order chi connectivity index (χ0) is 25.5. The van der Waals surface area contributed by atoms with Gasteiger partial charge in [0.05, 0.1) is 17.1 Å². The van der Waals surface area contributed by atoms with E-state index in [-0.39, 0.29) is 23.8 Å². The number of carbonyl (C=O) groups excluding carboxylic acids is 1. The SMILES string of the molecule is CCCC(N)[C@H]1CC(C(=O)NCCN2CCN(C)CC2)CN(c2ccc(C=NC)c3nccnc23)C1. The van der Waals surface area contributed by atoms with Crippen molar-refractivity contribution in [2.75, 3.05) is 71.4 Å². The number of hydrogen-bond donors (Lipinski definition) is 2. The third kappa shape index (κ3) is 6.38. The Morgan fingerprint density at radius 3 is 2.67 bits per heavy atom. The molecule has 9 nitrogen and oxygen atoms in total. The molecule has 9 heteroatoms. The molecule has 1 aromatic carbocycles. The second-order valence-corrected chi connectivity index (χ2v) is 10.3. The van der Waals surface area contributed by atoms with E-state index in [9.17, 15) is 4.79 Å². The maximum Gasteiger partial charge on any atom is 0.224 e. The number of fused-ring (bicyclic) bond motifs is 1. The predicted octanol–water partition coefficient (Wildman–Crippen LogP) is 1.61. The summed E-state index contributed by atoms with van der Waals surface area (Å²) in [6, 6.07) is 4.20. The van der Waals surface area contributed by atoms with Crippen molar-refractivity contribution >= 4 is 28.8 Å². The molecule has 0 radical (unpaired) electrons. The number of likely N-dealkylation sites (N-methyl/N-ethyl adjacent to an activating group) is 1. The topological polar surface area (TPSA) is 103 Å². The number of benzene rings is 1. The number of aliphatic imine (C=N–C) groups is 1. The molecule has 3 heterocycles. The highest BCUT2D eigenvalue weighted by Crippen LogP contribution is 2.33. The van der Waals surface area contributed by atoms with Gasteiger partial charge in [0.25, 0.3) is 0 Å². The molecule has 0 bridgehead atoms. The number of nitrogens with zero attached hydrogens (tertiary/aromatic N) is 6. The predicted molar refractivity (Wildman–Crippen MR) is 147 cm³/mol. The van der Waals surface area contributed by atoms with Crippen molar-refractivity contribution in [3.05, 3.63) is 30.1 Å². The number of nitrogens with two attached hydrogens (primary N) is 1. The Balaban J connectivity index is 1.50. The molecular formula is C27H42N8O. The van der Waals surface area contributed by atoms with Gasteiger partial charge in [0.2, 0.25) is 5.91 Å². The first-order valence-electron chi connectivity index (χ1n) is 13.3. The summed E-state index contributed by atoms with van der Waals surface area (Å²) in [5.41, 5.74) is 10.3. The van der Waals surface area contributed by atoms with E-state index in [1.807, 2.05) is 12.3 Å². The van der Waals surface area contributed by atoms with Gasteiger partial charge in [-0.15, -0.1) is 0 Å². The van der Waals surface area contributed by atoms with E-state index < -0.39 is 0 Å². The lowest BCUT2D eigenvalue weighted by molar-refractivity contribution is -0.125. The van der Waals surface area contributed by atoms with Crippen molar-refractivity contribution in [1.82, 2.24) is 25.1 Å². The monoisotopic (exact) mass is 494 g/mol. The van der Waals surface area contributed by atoms with Crippen molar-refractivity contribution < 1.29 is 4.79 Å². The van der Waals surface area contributed by atoms with Gasteiger partial charge in [0, 0.05) is 89.6 Å². The summed E-state index contributed by atoms with van der Waals surface area (Å²) in [6.45, 7) is 9.51. The van der Waals surface area contributed by atoms with Gasteiger partial charge in [-0.1, -0.05) is 13.3 Å². The van der Waals surface area contributed by atoms with E-state index in [0.717, 1.165) is 80.8 Å². The van der Waals surface area contributed by atoms with Crippen LogP contribution in [0.2, 0.25) is 0 Å². The fourth-order valence-corrected chi connectivity index (χ4v) is 5.52. The van der Waals surface area contributed by atoms with Crippen LogP contribution in [-0.4, -0.2) is 104 Å². The number of hydrogen-bond acceptors (Lipinski definition) is 8. The Hall–Kier alpha value is -2.62. The molecule has 4 rings (SSSR count). The lowest BCUT2D eigenvalue weighted by atomic mass is 9.82. The highest BCUT2D eigenvalue weighted by molar-refractivity contribution is 6.01. The fraction of sp³-hybridized carbons (Fsp3) is 0.630. The maximum atomic E-state index is 13.3. The molecule has 36 heavy (non-hydrogen) atoms. The Morgan fingerprint density at radius 1 is 1.19 bits per heavy atom. The second-order valence-electron chi connectivity index (χ2n) is 10.3. The molecule has 2 saturated heterocycles. The van der Waals surface area contributed by atoms with E-state index in [0.29, 0.717) is 13.1 Å². The quantitative estimate of drug-likeness (QED) is 0.511. The minimum Gasteiger partial charge on any atom is -0.369 e. The first-order chi connectivity index (χ1) is 17.5. The molecule has 0 aliphatic carbocycles. The third-order valence-corrected chi connectivity index (χ3v) is 7.65. The van der Waals surface area contributed by atoms with E-state index in [1.165, 1.54) is 0 Å². The highest BCUT2D eigenvalue weighted by atomic mass is 16.1. The van der Waals surface area contributed by atoms with Crippen LogP contribution < -0.4 is 16.0 Å². The molecule has 2 aliphatic rings. The summed E-state index contributed by atoms with van der Waals surface area (Å²) in [7, 11) is 3.92. The molecule has 0 saturated carbocycles. The summed E-state index contributed by atoms with van der Waals surface area (Å²) in [4.78, 5) is 33.9. The molecule has 2 unspecified atom stereocenters. The zero-order valence-electron chi connectivity index (χ0n) is 22.1. The minimum atomic E-state index is -0.109.